The molecule has 2 aromatic carbocycles. The summed E-state index contributed by atoms with van der Waals surface area (Å²) < 4.78 is 5.46. The molecule has 6 heteroatoms. The van der Waals surface area contributed by atoms with Crippen LogP contribution in [0.25, 0.3) is 0 Å². The van der Waals surface area contributed by atoms with Gasteiger partial charge in [0, 0.05) is 7.05 Å². The van der Waals surface area contributed by atoms with E-state index in [-0.39, 0.29) is 5.41 Å². The van der Waals surface area contributed by atoms with Gasteiger partial charge >= 0.3 is 6.03 Å². The Bertz CT molecular complexity index is 798. The minimum atomic E-state index is -0.757. The molecule has 0 spiro atoms. The lowest BCUT2D eigenvalue weighted by Crippen LogP contribution is -2.42. The molecule has 1 atom stereocenters. The highest BCUT2D eigenvalue weighted by molar-refractivity contribution is 5.98. The second-order valence-corrected chi connectivity index (χ2v) is 7.22. The molecule has 3 N–H and O–H groups in total. The van der Waals surface area contributed by atoms with Crippen LogP contribution in [-0.4, -0.2) is 26.1 Å². The lowest BCUT2D eigenvalue weighted by molar-refractivity contribution is -0.120. The van der Waals surface area contributed by atoms with Crippen LogP contribution in [0.2, 0.25) is 0 Å². The molecule has 0 saturated carbocycles. The summed E-state index contributed by atoms with van der Waals surface area (Å²) in [6.07, 6.45) is 0. The lowest BCUT2D eigenvalue weighted by Gasteiger charge is -2.24. The molecule has 144 valence electrons. The molecule has 0 aromatic heterocycles. The summed E-state index contributed by atoms with van der Waals surface area (Å²) in [5, 5.41) is 7.97. The first kappa shape index (κ1) is 20.3. The predicted molar refractivity (Wildman–Crippen MR) is 107 cm³/mol. The van der Waals surface area contributed by atoms with Gasteiger partial charge in [0.25, 0.3) is 5.91 Å². The number of hydrogen-bond acceptors (Lipinski definition) is 4. The Morgan fingerprint density at radius 1 is 1.04 bits per heavy atom. The van der Waals surface area contributed by atoms with Crippen LogP contribution in [0.3, 0.4) is 0 Å². The Labute approximate surface area is 160 Å². The van der Waals surface area contributed by atoms with E-state index in [0.29, 0.717) is 11.4 Å². The zero-order valence-corrected chi connectivity index (χ0v) is 16.4. The van der Waals surface area contributed by atoms with E-state index in [1.807, 2.05) is 48.5 Å². The van der Waals surface area contributed by atoms with E-state index in [0.717, 1.165) is 11.1 Å². The standard InChI is InChI=1S/C21H27N3O3/c1-21(2,3)15-11-12-17(27-5)16(13-15)23-18(14-9-7-6-8-10-14)19(25)24-20(26)22-4/h6-13,18,23H,1-5H3,(H2,22,24,25,26)/t18-/m0/s1. The summed E-state index contributed by atoms with van der Waals surface area (Å²) in [6, 6.07) is 13.8. The van der Waals surface area contributed by atoms with Crippen molar-refractivity contribution in [3.8, 4) is 5.75 Å². The number of urea groups is 1. The number of carbonyl (C=O) groups is 2. The van der Waals surface area contributed by atoms with Crippen LogP contribution < -0.4 is 20.7 Å². The first-order valence-corrected chi connectivity index (χ1v) is 8.79. The molecule has 0 aliphatic carbocycles. The smallest absolute Gasteiger partial charge is 0.321 e. The summed E-state index contributed by atoms with van der Waals surface area (Å²) >= 11 is 0. The number of rotatable bonds is 5. The van der Waals surface area contributed by atoms with E-state index >= 15 is 0 Å². The number of methoxy groups -OCH3 is 1. The summed E-state index contributed by atoms with van der Waals surface area (Å²) in [5.74, 6) is 0.167. The Morgan fingerprint density at radius 3 is 2.26 bits per heavy atom. The van der Waals surface area contributed by atoms with Crippen molar-refractivity contribution in [2.75, 3.05) is 19.5 Å². The minimum absolute atomic E-state index is 0.0602. The third-order valence-electron chi connectivity index (χ3n) is 4.22. The predicted octanol–water partition coefficient (Wildman–Crippen LogP) is 3.60. The SMILES string of the molecule is CNC(=O)NC(=O)[C@@H](Nc1cc(C(C)(C)C)ccc1OC)c1ccccc1. The molecule has 27 heavy (non-hydrogen) atoms. The van der Waals surface area contributed by atoms with Crippen LogP contribution in [0.4, 0.5) is 10.5 Å². The first-order chi connectivity index (χ1) is 12.8. The second-order valence-electron chi connectivity index (χ2n) is 7.22. The minimum Gasteiger partial charge on any atom is -0.495 e. The summed E-state index contributed by atoms with van der Waals surface area (Å²) in [7, 11) is 3.04. The van der Waals surface area contributed by atoms with E-state index in [1.165, 1.54) is 7.05 Å². The maximum Gasteiger partial charge on any atom is 0.321 e. The van der Waals surface area contributed by atoms with E-state index in [1.54, 1.807) is 7.11 Å². The fourth-order valence-electron chi connectivity index (χ4n) is 2.64. The monoisotopic (exact) mass is 369 g/mol. The van der Waals surface area contributed by atoms with Gasteiger partial charge in [-0.2, -0.15) is 0 Å². The number of benzene rings is 2. The maximum atomic E-state index is 12.7. The van der Waals surface area contributed by atoms with Crippen LogP contribution in [0, 0.1) is 0 Å². The fraction of sp³-hybridized carbons (Fsp3) is 0.333. The highest BCUT2D eigenvalue weighted by Gasteiger charge is 2.24. The number of ether oxygens (including phenoxy) is 1. The van der Waals surface area contributed by atoms with Crippen molar-refractivity contribution in [3.05, 3.63) is 59.7 Å². The van der Waals surface area contributed by atoms with Gasteiger partial charge in [-0.05, 0) is 28.7 Å². The van der Waals surface area contributed by atoms with Gasteiger partial charge in [-0.15, -0.1) is 0 Å². The average molecular weight is 369 g/mol. The molecular weight excluding hydrogens is 342 g/mol. The molecule has 0 saturated heterocycles. The Kier molecular flexibility index (Phi) is 6.45. The Morgan fingerprint density at radius 2 is 1.70 bits per heavy atom. The van der Waals surface area contributed by atoms with E-state index in [4.69, 9.17) is 4.74 Å². The molecule has 0 fully saturated rings. The van der Waals surface area contributed by atoms with Crippen LogP contribution in [0.15, 0.2) is 48.5 Å². The summed E-state index contributed by atoms with van der Waals surface area (Å²) in [6.45, 7) is 6.35. The number of carbonyl (C=O) groups excluding carboxylic acids is 2. The third kappa shape index (κ3) is 5.23. The molecule has 2 rings (SSSR count). The van der Waals surface area contributed by atoms with Crippen molar-refractivity contribution in [3.63, 3.8) is 0 Å². The van der Waals surface area contributed by atoms with Crippen LogP contribution in [0.5, 0.6) is 5.75 Å². The molecule has 2 aromatic rings. The number of amides is 3. The fourth-order valence-corrected chi connectivity index (χ4v) is 2.64. The molecule has 0 bridgehead atoms. The van der Waals surface area contributed by atoms with Crippen molar-refractivity contribution < 1.29 is 14.3 Å². The van der Waals surface area contributed by atoms with E-state index in [2.05, 4.69) is 36.7 Å². The van der Waals surface area contributed by atoms with Crippen molar-refractivity contribution in [2.24, 2.45) is 0 Å². The normalized spacial score (nSPS) is 12.0. The molecule has 0 heterocycles. The molecule has 0 aliphatic rings. The highest BCUT2D eigenvalue weighted by atomic mass is 16.5. The van der Waals surface area contributed by atoms with Crippen molar-refractivity contribution in [1.82, 2.24) is 10.6 Å². The largest absolute Gasteiger partial charge is 0.495 e. The topological polar surface area (TPSA) is 79.5 Å². The number of nitrogens with one attached hydrogen (secondary N) is 3. The number of hydrogen-bond donors (Lipinski definition) is 3. The van der Waals surface area contributed by atoms with Gasteiger partial charge in [0.05, 0.1) is 12.8 Å². The highest BCUT2D eigenvalue weighted by Crippen LogP contribution is 2.33. The van der Waals surface area contributed by atoms with E-state index < -0.39 is 18.0 Å². The molecule has 0 unspecified atom stereocenters. The Balaban J connectivity index is 2.43. The van der Waals surface area contributed by atoms with Crippen molar-refractivity contribution in [2.45, 2.75) is 32.2 Å². The van der Waals surface area contributed by atoms with Gasteiger partial charge in [-0.1, -0.05) is 57.2 Å². The van der Waals surface area contributed by atoms with E-state index in [9.17, 15) is 9.59 Å². The van der Waals surface area contributed by atoms with Gasteiger partial charge < -0.3 is 15.4 Å². The van der Waals surface area contributed by atoms with Gasteiger partial charge in [-0.25, -0.2) is 4.79 Å². The zero-order valence-electron chi connectivity index (χ0n) is 16.4. The summed E-state index contributed by atoms with van der Waals surface area (Å²) in [4.78, 5) is 24.3. The van der Waals surface area contributed by atoms with Gasteiger partial charge in [-0.3, -0.25) is 10.1 Å². The summed E-state index contributed by atoms with van der Waals surface area (Å²) in [5.41, 5.74) is 2.47. The Hall–Kier alpha value is -3.02. The second kappa shape index (κ2) is 8.58. The average Bonchev–Trinajstić information content (AvgIpc) is 2.65. The molecule has 6 nitrogen and oxygen atoms in total. The first-order valence-electron chi connectivity index (χ1n) is 8.79. The zero-order chi connectivity index (χ0) is 20.0. The quantitative estimate of drug-likeness (QED) is 0.752. The third-order valence-corrected chi connectivity index (χ3v) is 4.22. The van der Waals surface area contributed by atoms with Gasteiger partial charge in [0.2, 0.25) is 0 Å². The lowest BCUT2D eigenvalue weighted by atomic mass is 9.86. The number of anilines is 1. The van der Waals surface area contributed by atoms with Crippen LogP contribution in [-0.2, 0) is 10.2 Å². The molecule has 3 amide bonds. The van der Waals surface area contributed by atoms with Crippen molar-refractivity contribution in [1.29, 1.82) is 0 Å². The molecular formula is C21H27N3O3. The molecule has 0 aliphatic heterocycles. The van der Waals surface area contributed by atoms with Crippen LogP contribution >= 0.6 is 0 Å². The number of imide groups is 1. The van der Waals surface area contributed by atoms with Gasteiger partial charge in [0.1, 0.15) is 11.8 Å². The molecule has 0 radical (unpaired) electrons. The van der Waals surface area contributed by atoms with Crippen LogP contribution in [0.1, 0.15) is 37.9 Å². The van der Waals surface area contributed by atoms with Crippen molar-refractivity contribution >= 4 is 17.6 Å². The van der Waals surface area contributed by atoms with Gasteiger partial charge in [0.15, 0.2) is 0 Å². The maximum absolute atomic E-state index is 12.7.